The predicted molar refractivity (Wildman–Crippen MR) is 93.8 cm³/mol. The molecule has 1 amide bonds. The lowest BCUT2D eigenvalue weighted by molar-refractivity contribution is 0.0651. The molecule has 0 aromatic heterocycles. The van der Waals surface area contributed by atoms with Crippen LogP contribution in [0.4, 0.5) is 0 Å². The Labute approximate surface area is 142 Å². The molecule has 1 fully saturated rings. The Morgan fingerprint density at radius 1 is 1.50 bits per heavy atom. The highest BCUT2D eigenvalue weighted by Crippen LogP contribution is 2.31. The second kappa shape index (κ2) is 7.22. The normalized spacial score (nSPS) is 22.0. The quantitative estimate of drug-likeness (QED) is 0.711. The van der Waals surface area contributed by atoms with Gasteiger partial charge in [-0.15, -0.1) is 0 Å². The average Bonchev–Trinajstić information content (AvgIpc) is 2.90. The molecule has 2 N–H and O–H groups in total. The molecule has 0 radical (unpaired) electrons. The number of carbonyl (C=O) groups is 1. The summed E-state index contributed by atoms with van der Waals surface area (Å²) in [5, 5.41) is 0. The van der Waals surface area contributed by atoms with Gasteiger partial charge in [-0.05, 0) is 73.0 Å². The van der Waals surface area contributed by atoms with Gasteiger partial charge in [0.1, 0.15) is 0 Å². The van der Waals surface area contributed by atoms with E-state index in [1.54, 1.807) is 0 Å². The fourth-order valence-corrected chi connectivity index (χ4v) is 3.97. The highest BCUT2D eigenvalue weighted by molar-refractivity contribution is 14.1. The van der Waals surface area contributed by atoms with Crippen LogP contribution >= 0.6 is 38.5 Å². The summed E-state index contributed by atoms with van der Waals surface area (Å²) in [5.74, 6) is 0.576. The number of carbonyl (C=O) groups excluding carboxylic acids is 1. The number of amides is 1. The van der Waals surface area contributed by atoms with Crippen LogP contribution in [0.25, 0.3) is 0 Å². The maximum Gasteiger partial charge on any atom is 0.255 e. The van der Waals surface area contributed by atoms with Crippen molar-refractivity contribution in [2.45, 2.75) is 32.2 Å². The summed E-state index contributed by atoms with van der Waals surface area (Å²) in [6.45, 7) is 3.46. The van der Waals surface area contributed by atoms with Crippen LogP contribution in [-0.2, 0) is 0 Å². The van der Waals surface area contributed by atoms with E-state index in [1.807, 2.05) is 23.1 Å². The van der Waals surface area contributed by atoms with Gasteiger partial charge in [0.05, 0.1) is 5.56 Å². The van der Waals surface area contributed by atoms with Crippen molar-refractivity contribution in [3.05, 3.63) is 31.8 Å². The minimum Gasteiger partial charge on any atom is -0.336 e. The summed E-state index contributed by atoms with van der Waals surface area (Å²) < 4.78 is 1.94. The molecule has 20 heavy (non-hydrogen) atoms. The number of benzene rings is 1. The predicted octanol–water partition coefficient (Wildman–Crippen LogP) is 3.64. The van der Waals surface area contributed by atoms with Gasteiger partial charge in [0.2, 0.25) is 0 Å². The first kappa shape index (κ1) is 16.2. The molecular formula is C15H20BrIN2O. The van der Waals surface area contributed by atoms with E-state index in [-0.39, 0.29) is 5.91 Å². The van der Waals surface area contributed by atoms with E-state index in [0.717, 1.165) is 33.0 Å². The Kier molecular flexibility index (Phi) is 5.86. The van der Waals surface area contributed by atoms with E-state index >= 15 is 0 Å². The third kappa shape index (κ3) is 3.36. The van der Waals surface area contributed by atoms with Crippen LogP contribution in [0.15, 0.2) is 22.7 Å². The molecule has 2 rings (SSSR count). The molecule has 1 aromatic rings. The second-order valence-electron chi connectivity index (χ2n) is 5.21. The zero-order chi connectivity index (χ0) is 14.7. The van der Waals surface area contributed by atoms with Crippen LogP contribution in [0, 0.1) is 9.49 Å². The third-order valence-corrected chi connectivity index (χ3v) is 5.52. The molecule has 1 saturated carbocycles. The highest BCUT2D eigenvalue weighted by Gasteiger charge is 2.33. The minimum atomic E-state index is 0.128. The first-order chi connectivity index (χ1) is 9.58. The van der Waals surface area contributed by atoms with Crippen molar-refractivity contribution in [2.24, 2.45) is 11.7 Å². The smallest absolute Gasteiger partial charge is 0.255 e. The van der Waals surface area contributed by atoms with Crippen molar-refractivity contribution in [3.8, 4) is 0 Å². The van der Waals surface area contributed by atoms with E-state index < -0.39 is 0 Å². The van der Waals surface area contributed by atoms with Crippen LogP contribution < -0.4 is 5.73 Å². The summed E-state index contributed by atoms with van der Waals surface area (Å²) in [6.07, 6.45) is 3.39. The monoisotopic (exact) mass is 450 g/mol. The lowest BCUT2D eigenvalue weighted by atomic mass is 10.0. The van der Waals surface area contributed by atoms with Gasteiger partial charge in [-0.3, -0.25) is 4.79 Å². The van der Waals surface area contributed by atoms with Crippen molar-refractivity contribution in [3.63, 3.8) is 0 Å². The molecule has 5 heteroatoms. The molecule has 2 unspecified atom stereocenters. The lowest BCUT2D eigenvalue weighted by Gasteiger charge is -2.32. The van der Waals surface area contributed by atoms with E-state index in [1.165, 1.54) is 6.42 Å². The molecule has 0 bridgehead atoms. The maximum absolute atomic E-state index is 12.9. The molecule has 1 aliphatic carbocycles. The van der Waals surface area contributed by atoms with Gasteiger partial charge >= 0.3 is 0 Å². The van der Waals surface area contributed by atoms with Crippen molar-refractivity contribution in [1.29, 1.82) is 0 Å². The Bertz CT molecular complexity index is 495. The van der Waals surface area contributed by atoms with Gasteiger partial charge in [-0.1, -0.05) is 22.4 Å². The van der Waals surface area contributed by atoms with Gasteiger partial charge in [-0.2, -0.15) is 0 Å². The summed E-state index contributed by atoms with van der Waals surface area (Å²) in [7, 11) is 0. The number of halogens is 2. The zero-order valence-corrected chi connectivity index (χ0v) is 15.4. The summed E-state index contributed by atoms with van der Waals surface area (Å²) in [5.41, 5.74) is 6.64. The van der Waals surface area contributed by atoms with E-state index in [4.69, 9.17) is 5.73 Å². The van der Waals surface area contributed by atoms with Gasteiger partial charge in [0.25, 0.3) is 5.91 Å². The summed E-state index contributed by atoms with van der Waals surface area (Å²) >= 11 is 5.68. The lowest BCUT2D eigenvalue weighted by Crippen LogP contribution is -2.44. The standard InChI is InChI=1S/C15H20BrIN2O/c1-2-19(14-5-3-4-10(14)9-18)15(20)12-8-11(16)6-7-13(12)17/h6-8,10,14H,2-5,9,18H2,1H3. The number of nitrogens with zero attached hydrogens (tertiary/aromatic N) is 1. The Morgan fingerprint density at radius 2 is 2.25 bits per heavy atom. The maximum atomic E-state index is 12.9. The van der Waals surface area contributed by atoms with Crippen LogP contribution in [0.2, 0.25) is 0 Å². The number of rotatable bonds is 4. The Balaban J connectivity index is 2.27. The fraction of sp³-hybridized carbons (Fsp3) is 0.533. The van der Waals surface area contributed by atoms with E-state index in [2.05, 4.69) is 45.4 Å². The summed E-state index contributed by atoms with van der Waals surface area (Å²) in [4.78, 5) is 14.9. The minimum absolute atomic E-state index is 0.128. The van der Waals surface area contributed by atoms with Gasteiger partial charge in [0, 0.05) is 20.6 Å². The Hall–Kier alpha value is -0.140. The molecule has 110 valence electrons. The van der Waals surface area contributed by atoms with Crippen molar-refractivity contribution >= 4 is 44.4 Å². The van der Waals surface area contributed by atoms with Crippen LogP contribution in [-0.4, -0.2) is 29.9 Å². The number of hydrogen-bond donors (Lipinski definition) is 1. The van der Waals surface area contributed by atoms with E-state index in [9.17, 15) is 4.79 Å². The van der Waals surface area contributed by atoms with Crippen molar-refractivity contribution < 1.29 is 4.79 Å². The molecule has 2 atom stereocenters. The second-order valence-corrected chi connectivity index (χ2v) is 7.29. The highest BCUT2D eigenvalue weighted by atomic mass is 127. The third-order valence-electron chi connectivity index (χ3n) is 4.08. The van der Waals surface area contributed by atoms with Gasteiger partial charge in [-0.25, -0.2) is 0 Å². The fourth-order valence-electron chi connectivity index (χ4n) is 3.05. The van der Waals surface area contributed by atoms with Crippen LogP contribution in [0.3, 0.4) is 0 Å². The van der Waals surface area contributed by atoms with Crippen molar-refractivity contribution in [1.82, 2.24) is 4.90 Å². The largest absolute Gasteiger partial charge is 0.336 e. The molecule has 0 saturated heterocycles. The molecule has 0 aliphatic heterocycles. The van der Waals surface area contributed by atoms with Crippen LogP contribution in [0.1, 0.15) is 36.5 Å². The number of hydrogen-bond acceptors (Lipinski definition) is 2. The average molecular weight is 451 g/mol. The molecular weight excluding hydrogens is 431 g/mol. The first-order valence-corrected chi connectivity index (χ1v) is 8.91. The topological polar surface area (TPSA) is 46.3 Å². The SMILES string of the molecule is CCN(C(=O)c1cc(Br)ccc1I)C1CCCC1CN. The zero-order valence-electron chi connectivity index (χ0n) is 11.6. The molecule has 3 nitrogen and oxygen atoms in total. The molecule has 0 spiro atoms. The molecule has 0 heterocycles. The molecule has 1 aliphatic rings. The van der Waals surface area contributed by atoms with Gasteiger partial charge in [0.15, 0.2) is 0 Å². The molecule has 1 aromatic carbocycles. The van der Waals surface area contributed by atoms with E-state index in [0.29, 0.717) is 18.5 Å². The van der Waals surface area contributed by atoms with Crippen LogP contribution in [0.5, 0.6) is 0 Å². The van der Waals surface area contributed by atoms with Gasteiger partial charge < -0.3 is 10.6 Å². The number of nitrogens with two attached hydrogens (primary N) is 1. The first-order valence-electron chi connectivity index (χ1n) is 7.04. The van der Waals surface area contributed by atoms with Crippen molar-refractivity contribution in [2.75, 3.05) is 13.1 Å². The Morgan fingerprint density at radius 3 is 2.90 bits per heavy atom. The summed E-state index contributed by atoms with van der Waals surface area (Å²) in [6, 6.07) is 6.15.